The summed E-state index contributed by atoms with van der Waals surface area (Å²) in [6, 6.07) is 16.2. The highest BCUT2D eigenvalue weighted by Crippen LogP contribution is 2.50. The molecule has 2 aromatic carbocycles. The smallest absolute Gasteiger partial charge is 0.303 e. The average Bonchev–Trinajstić information content (AvgIpc) is 3.67. The van der Waals surface area contributed by atoms with Gasteiger partial charge in [-0.05, 0) is 43.0 Å². The first kappa shape index (κ1) is 29.6. The van der Waals surface area contributed by atoms with E-state index in [-0.39, 0.29) is 31.1 Å². The predicted molar refractivity (Wildman–Crippen MR) is 151 cm³/mol. The van der Waals surface area contributed by atoms with Crippen LogP contribution in [0.15, 0.2) is 54.6 Å². The number of nitrogens with one attached hydrogen (secondary N) is 1. The Morgan fingerprint density at radius 3 is 2.35 bits per heavy atom. The lowest BCUT2D eigenvalue weighted by atomic mass is 9.94. The maximum absolute atomic E-state index is 15.1. The molecule has 0 spiro atoms. The first-order valence-electron chi connectivity index (χ1n) is 12.8. The second-order valence-corrected chi connectivity index (χ2v) is 13.1. The fraction of sp³-hybridized carbons (Fsp3) is 0.393. The number of alkyl halides is 1. The minimum absolute atomic E-state index is 0.0261. The zero-order valence-corrected chi connectivity index (χ0v) is 24.5. The number of aromatic nitrogens is 1. The van der Waals surface area contributed by atoms with E-state index in [1.54, 1.807) is 43.2 Å². The summed E-state index contributed by atoms with van der Waals surface area (Å²) in [5, 5.41) is 0.457. The van der Waals surface area contributed by atoms with Crippen LogP contribution in [0.4, 0.5) is 4.39 Å². The number of thiazole rings is 1. The van der Waals surface area contributed by atoms with Gasteiger partial charge in [-0.25, -0.2) is 14.1 Å². The van der Waals surface area contributed by atoms with Gasteiger partial charge in [0.2, 0.25) is 5.91 Å². The first-order chi connectivity index (χ1) is 19.0. The molecule has 3 aromatic rings. The van der Waals surface area contributed by atoms with Crippen LogP contribution in [0.2, 0.25) is 0 Å². The second kappa shape index (κ2) is 12.0. The van der Waals surface area contributed by atoms with Crippen molar-refractivity contribution in [2.75, 3.05) is 27.7 Å². The van der Waals surface area contributed by atoms with E-state index in [0.717, 1.165) is 9.87 Å². The summed E-state index contributed by atoms with van der Waals surface area (Å²) in [6.07, 6.45) is 0.162. The number of benzene rings is 2. The van der Waals surface area contributed by atoms with E-state index in [0.29, 0.717) is 34.0 Å². The van der Waals surface area contributed by atoms with Crippen molar-refractivity contribution in [2.24, 2.45) is 0 Å². The number of carbonyl (C=O) groups excluding carboxylic acids is 2. The number of carbonyl (C=O) groups is 2. The third kappa shape index (κ3) is 6.51. The molecule has 1 aromatic heterocycles. The van der Waals surface area contributed by atoms with Crippen LogP contribution in [0.1, 0.15) is 56.9 Å². The number of methoxy groups -OCH3 is 1. The molecule has 1 unspecified atom stereocenters. The topological polar surface area (TPSA) is 109 Å². The normalized spacial score (nSPS) is 14.9. The fourth-order valence-electron chi connectivity index (χ4n) is 4.46. The van der Waals surface area contributed by atoms with Gasteiger partial charge in [0.15, 0.2) is 0 Å². The molecular formula is C28H33FN4O5S2. The Bertz CT molecular complexity index is 1460. The molecule has 0 aliphatic heterocycles. The Labute approximate surface area is 238 Å². The lowest BCUT2D eigenvalue weighted by Crippen LogP contribution is -2.40. The van der Waals surface area contributed by atoms with Gasteiger partial charge in [0.1, 0.15) is 22.6 Å². The van der Waals surface area contributed by atoms with Crippen molar-refractivity contribution in [3.05, 3.63) is 81.3 Å². The van der Waals surface area contributed by atoms with Crippen LogP contribution in [0.5, 0.6) is 5.75 Å². The van der Waals surface area contributed by atoms with Gasteiger partial charge in [-0.2, -0.15) is 12.7 Å². The minimum Gasteiger partial charge on any atom is -0.497 e. The molecule has 0 saturated heterocycles. The number of halogens is 1. The van der Waals surface area contributed by atoms with Crippen molar-refractivity contribution in [2.45, 2.75) is 44.3 Å². The molecular weight excluding hydrogens is 555 g/mol. The lowest BCUT2D eigenvalue weighted by Gasteiger charge is -2.28. The molecule has 1 atom stereocenters. The molecule has 1 heterocycles. The summed E-state index contributed by atoms with van der Waals surface area (Å²) in [6.45, 7) is 1.87. The van der Waals surface area contributed by atoms with Crippen molar-refractivity contribution in [1.29, 1.82) is 0 Å². The first-order valence-corrected chi connectivity index (χ1v) is 15.1. The molecule has 1 aliphatic carbocycles. The van der Waals surface area contributed by atoms with Gasteiger partial charge in [-0.15, -0.1) is 11.3 Å². The standard InChI is InChI=1S/C28H33FN4O5S2/c1-19-25(26(34)31-40(36,37)32(2)3)30-24(39-19)18-33(17-14-23(29)20-8-6-5-7-9-20)27(35)28(15-16-28)21-10-12-22(38-4)13-11-21/h5-13,23H,14-18H2,1-4H3,(H,31,34). The second-order valence-electron chi connectivity index (χ2n) is 9.94. The Hall–Kier alpha value is -3.35. The van der Waals surface area contributed by atoms with Crippen molar-refractivity contribution in [3.63, 3.8) is 0 Å². The summed E-state index contributed by atoms with van der Waals surface area (Å²) < 4.78 is 47.5. The van der Waals surface area contributed by atoms with E-state index in [2.05, 4.69) is 4.98 Å². The molecule has 1 saturated carbocycles. The van der Waals surface area contributed by atoms with E-state index in [4.69, 9.17) is 4.74 Å². The molecule has 9 nitrogen and oxygen atoms in total. The van der Waals surface area contributed by atoms with Crippen molar-refractivity contribution >= 4 is 33.4 Å². The maximum atomic E-state index is 15.1. The molecule has 1 N–H and O–H groups in total. The quantitative estimate of drug-likeness (QED) is 0.341. The SMILES string of the molecule is COc1ccc(C2(C(=O)N(CCC(F)c3ccccc3)Cc3nc(C(=O)NS(=O)(=O)N(C)C)c(C)s3)CC2)cc1. The Morgan fingerprint density at radius 1 is 1.12 bits per heavy atom. The molecule has 1 aliphatic rings. The molecule has 2 amide bonds. The van der Waals surface area contributed by atoms with Crippen molar-refractivity contribution in [1.82, 2.24) is 18.9 Å². The Kier molecular flexibility index (Phi) is 8.91. The number of ether oxygens (including phenoxy) is 1. The van der Waals surface area contributed by atoms with Crippen LogP contribution in [0, 0.1) is 6.92 Å². The highest BCUT2D eigenvalue weighted by atomic mass is 32.2. The molecule has 40 heavy (non-hydrogen) atoms. The molecule has 12 heteroatoms. The zero-order valence-electron chi connectivity index (χ0n) is 22.9. The van der Waals surface area contributed by atoms with Crippen molar-refractivity contribution < 1.29 is 27.1 Å². The number of nitrogens with zero attached hydrogens (tertiary/aromatic N) is 3. The number of hydrogen-bond donors (Lipinski definition) is 1. The van der Waals surface area contributed by atoms with Crippen LogP contribution < -0.4 is 9.46 Å². The largest absolute Gasteiger partial charge is 0.497 e. The van der Waals surface area contributed by atoms with Gasteiger partial charge in [-0.3, -0.25) is 9.59 Å². The van der Waals surface area contributed by atoms with Gasteiger partial charge < -0.3 is 9.64 Å². The monoisotopic (exact) mass is 588 g/mol. The van der Waals surface area contributed by atoms with Crippen LogP contribution in [0.25, 0.3) is 0 Å². The van der Waals surface area contributed by atoms with Crippen LogP contribution in [-0.4, -0.2) is 62.2 Å². The van der Waals surface area contributed by atoms with Gasteiger partial charge in [0.25, 0.3) is 5.91 Å². The van der Waals surface area contributed by atoms with Crippen LogP contribution >= 0.6 is 11.3 Å². The van der Waals surface area contributed by atoms with E-state index < -0.39 is 27.7 Å². The number of amides is 2. The summed E-state index contributed by atoms with van der Waals surface area (Å²) >= 11 is 1.20. The number of rotatable bonds is 12. The van der Waals surface area contributed by atoms with Crippen molar-refractivity contribution in [3.8, 4) is 5.75 Å². The summed E-state index contributed by atoms with van der Waals surface area (Å²) in [5.74, 6) is -0.296. The van der Waals surface area contributed by atoms with Gasteiger partial charge in [0, 0.05) is 31.9 Å². The molecule has 0 radical (unpaired) electrons. The summed E-state index contributed by atoms with van der Waals surface area (Å²) in [7, 11) is 0.197. The predicted octanol–water partition coefficient (Wildman–Crippen LogP) is 4.16. The Balaban J connectivity index is 1.58. The highest BCUT2D eigenvalue weighted by Gasteiger charge is 2.53. The van der Waals surface area contributed by atoms with E-state index in [1.165, 1.54) is 25.4 Å². The molecule has 1 fully saturated rings. The number of aryl methyl sites for hydroxylation is 1. The molecule has 0 bridgehead atoms. The highest BCUT2D eigenvalue weighted by molar-refractivity contribution is 7.87. The third-order valence-corrected chi connectivity index (χ3v) is 9.35. The van der Waals surface area contributed by atoms with E-state index in [9.17, 15) is 18.0 Å². The maximum Gasteiger partial charge on any atom is 0.303 e. The minimum atomic E-state index is -4.00. The Morgan fingerprint density at radius 2 is 1.77 bits per heavy atom. The summed E-state index contributed by atoms with van der Waals surface area (Å²) in [5.41, 5.74) is 0.670. The lowest BCUT2D eigenvalue weighted by molar-refractivity contribution is -0.134. The van der Waals surface area contributed by atoms with Gasteiger partial charge >= 0.3 is 10.2 Å². The van der Waals surface area contributed by atoms with E-state index >= 15 is 4.39 Å². The average molecular weight is 589 g/mol. The molecule has 214 valence electrons. The van der Waals surface area contributed by atoms with E-state index in [1.807, 2.05) is 35.1 Å². The summed E-state index contributed by atoms with van der Waals surface area (Å²) in [4.78, 5) is 33.2. The fourth-order valence-corrected chi connectivity index (χ4v) is 5.92. The van der Waals surface area contributed by atoms with Crippen LogP contribution in [-0.2, 0) is 27.0 Å². The number of hydrogen-bond acceptors (Lipinski definition) is 7. The molecule has 4 rings (SSSR count). The van der Waals surface area contributed by atoms with Crippen LogP contribution in [0.3, 0.4) is 0 Å². The zero-order chi connectivity index (χ0) is 29.1. The van der Waals surface area contributed by atoms with Gasteiger partial charge in [0.05, 0.1) is 19.1 Å². The van der Waals surface area contributed by atoms with Gasteiger partial charge in [-0.1, -0.05) is 42.5 Å². The third-order valence-electron chi connectivity index (χ3n) is 6.99.